The number of aromatic nitrogens is 1. The molecule has 3 heterocycles. The van der Waals surface area contributed by atoms with Crippen molar-refractivity contribution in [3.05, 3.63) is 65.9 Å². The van der Waals surface area contributed by atoms with Crippen LogP contribution in [0.25, 0.3) is 10.9 Å². The van der Waals surface area contributed by atoms with E-state index in [1.807, 2.05) is 48.5 Å². The third kappa shape index (κ3) is 3.48. The highest BCUT2D eigenvalue weighted by Crippen LogP contribution is 2.36. The average Bonchev–Trinajstić information content (AvgIpc) is 3.13. The van der Waals surface area contributed by atoms with Gasteiger partial charge in [-0.05, 0) is 35.9 Å². The second kappa shape index (κ2) is 7.76. The normalized spacial score (nSPS) is 18.2. The van der Waals surface area contributed by atoms with Crippen molar-refractivity contribution in [3.63, 3.8) is 0 Å². The number of carbonyl (C=O) groups is 2. The second-order valence-corrected chi connectivity index (χ2v) is 7.38. The fourth-order valence-corrected chi connectivity index (χ4v) is 3.92. The average molecular weight is 403 g/mol. The van der Waals surface area contributed by atoms with Crippen LogP contribution < -0.4 is 10.1 Å². The molecule has 1 saturated heterocycles. The first-order chi connectivity index (χ1) is 14.7. The fourth-order valence-electron chi connectivity index (χ4n) is 3.92. The summed E-state index contributed by atoms with van der Waals surface area (Å²) in [6.07, 6.45) is 0. The summed E-state index contributed by atoms with van der Waals surface area (Å²) in [5.41, 5.74) is 3.26. The van der Waals surface area contributed by atoms with Crippen LogP contribution in [0.1, 0.15) is 17.2 Å². The molecule has 152 valence electrons. The van der Waals surface area contributed by atoms with Crippen molar-refractivity contribution < 1.29 is 19.1 Å². The van der Waals surface area contributed by atoms with Gasteiger partial charge in [-0.15, -0.1) is 0 Å². The van der Waals surface area contributed by atoms with E-state index in [0.29, 0.717) is 37.7 Å². The highest BCUT2D eigenvalue weighted by Gasteiger charge is 2.32. The van der Waals surface area contributed by atoms with Crippen molar-refractivity contribution in [3.8, 4) is 5.75 Å². The van der Waals surface area contributed by atoms with Gasteiger partial charge < -0.3 is 19.7 Å². The molecule has 1 unspecified atom stereocenters. The minimum Gasteiger partial charge on any atom is -0.484 e. The number of carbonyl (C=O) groups excluding carboxylic acids is 2. The summed E-state index contributed by atoms with van der Waals surface area (Å²) >= 11 is 0. The highest BCUT2D eigenvalue weighted by molar-refractivity contribution is 6.05. The van der Waals surface area contributed by atoms with Gasteiger partial charge >= 0.3 is 0 Å². The Morgan fingerprint density at radius 3 is 2.83 bits per heavy atom. The lowest BCUT2D eigenvalue weighted by molar-refractivity contribution is -0.137. The molecule has 0 aliphatic carbocycles. The van der Waals surface area contributed by atoms with Crippen LogP contribution in [-0.2, 0) is 14.3 Å². The van der Waals surface area contributed by atoms with Gasteiger partial charge in [0, 0.05) is 24.2 Å². The molecule has 0 bridgehead atoms. The number of amides is 2. The summed E-state index contributed by atoms with van der Waals surface area (Å²) < 4.78 is 11.0. The Morgan fingerprint density at radius 1 is 1.13 bits per heavy atom. The summed E-state index contributed by atoms with van der Waals surface area (Å²) in [7, 11) is 0. The summed E-state index contributed by atoms with van der Waals surface area (Å²) in [6.45, 7) is 2.34. The van der Waals surface area contributed by atoms with Crippen LogP contribution in [0, 0.1) is 0 Å². The van der Waals surface area contributed by atoms with Gasteiger partial charge in [0.2, 0.25) is 5.91 Å². The quantitative estimate of drug-likeness (QED) is 0.724. The van der Waals surface area contributed by atoms with E-state index < -0.39 is 5.92 Å². The number of benzene rings is 2. The number of hydrogen-bond acceptors (Lipinski definition) is 5. The summed E-state index contributed by atoms with van der Waals surface area (Å²) in [4.78, 5) is 31.2. The van der Waals surface area contributed by atoms with Gasteiger partial charge in [0.15, 0.2) is 6.61 Å². The van der Waals surface area contributed by atoms with E-state index in [1.54, 1.807) is 11.0 Å². The van der Waals surface area contributed by atoms with Gasteiger partial charge in [-0.2, -0.15) is 0 Å². The molecule has 7 nitrogen and oxygen atoms in total. The molecule has 2 aliphatic rings. The largest absolute Gasteiger partial charge is 0.484 e. The molecule has 2 aromatic carbocycles. The van der Waals surface area contributed by atoms with E-state index in [-0.39, 0.29) is 18.4 Å². The molecule has 0 radical (unpaired) electrons. The van der Waals surface area contributed by atoms with Crippen LogP contribution in [0.5, 0.6) is 5.75 Å². The Balaban J connectivity index is 1.33. The van der Waals surface area contributed by atoms with Crippen molar-refractivity contribution in [2.24, 2.45) is 0 Å². The maximum absolute atomic E-state index is 12.5. The Bertz CT molecular complexity index is 1120. The summed E-state index contributed by atoms with van der Waals surface area (Å²) in [6, 6.07) is 17.0. The number of nitrogens with one attached hydrogen (secondary N) is 1. The minimum atomic E-state index is -0.410. The van der Waals surface area contributed by atoms with Gasteiger partial charge in [0.1, 0.15) is 11.7 Å². The second-order valence-electron chi connectivity index (χ2n) is 7.38. The Morgan fingerprint density at radius 2 is 1.97 bits per heavy atom. The van der Waals surface area contributed by atoms with E-state index in [1.165, 1.54) is 0 Å². The molecule has 1 N–H and O–H groups in total. The SMILES string of the molecule is O=C1Nc2ccccc2C1c1ccc2cc(OCC(=O)N3CCOCC3)ccc2n1. The Labute approximate surface area is 173 Å². The van der Waals surface area contributed by atoms with Crippen molar-refractivity contribution in [2.75, 3.05) is 38.2 Å². The van der Waals surface area contributed by atoms with Crippen molar-refractivity contribution in [1.82, 2.24) is 9.88 Å². The summed E-state index contributed by atoms with van der Waals surface area (Å²) in [5.74, 6) is 0.0951. The first kappa shape index (κ1) is 18.6. The molecule has 0 spiro atoms. The van der Waals surface area contributed by atoms with Crippen molar-refractivity contribution >= 4 is 28.4 Å². The minimum absolute atomic E-state index is 0.00392. The van der Waals surface area contributed by atoms with Gasteiger partial charge in [-0.1, -0.05) is 24.3 Å². The number of anilines is 1. The zero-order chi connectivity index (χ0) is 20.5. The first-order valence-corrected chi connectivity index (χ1v) is 9.98. The number of nitrogens with zero attached hydrogens (tertiary/aromatic N) is 2. The monoisotopic (exact) mass is 403 g/mol. The highest BCUT2D eigenvalue weighted by atomic mass is 16.5. The lowest BCUT2D eigenvalue weighted by Crippen LogP contribution is -2.42. The molecule has 5 rings (SSSR count). The van der Waals surface area contributed by atoms with Gasteiger partial charge in [0.05, 0.1) is 24.4 Å². The van der Waals surface area contributed by atoms with Crippen LogP contribution in [0.3, 0.4) is 0 Å². The third-order valence-corrected chi connectivity index (χ3v) is 5.50. The molecular formula is C23H21N3O4. The van der Waals surface area contributed by atoms with E-state index in [0.717, 1.165) is 22.2 Å². The predicted octanol–water partition coefficient (Wildman–Crippen LogP) is 2.56. The van der Waals surface area contributed by atoms with Gasteiger partial charge in [-0.3, -0.25) is 14.6 Å². The van der Waals surface area contributed by atoms with Gasteiger partial charge in [-0.25, -0.2) is 0 Å². The van der Waals surface area contributed by atoms with E-state index >= 15 is 0 Å². The Hall–Kier alpha value is -3.45. The maximum atomic E-state index is 12.5. The number of para-hydroxylation sites is 1. The zero-order valence-electron chi connectivity index (χ0n) is 16.3. The van der Waals surface area contributed by atoms with Crippen LogP contribution in [0.4, 0.5) is 5.69 Å². The number of pyridine rings is 1. The van der Waals surface area contributed by atoms with E-state index in [9.17, 15) is 9.59 Å². The maximum Gasteiger partial charge on any atom is 0.260 e. The number of ether oxygens (including phenoxy) is 2. The lowest BCUT2D eigenvalue weighted by atomic mass is 9.96. The molecule has 2 amide bonds. The molecule has 2 aliphatic heterocycles. The topological polar surface area (TPSA) is 80.8 Å². The van der Waals surface area contributed by atoms with Crippen molar-refractivity contribution in [2.45, 2.75) is 5.92 Å². The predicted molar refractivity (Wildman–Crippen MR) is 112 cm³/mol. The Kier molecular flexibility index (Phi) is 4.80. The smallest absolute Gasteiger partial charge is 0.260 e. The number of morpholine rings is 1. The summed E-state index contributed by atoms with van der Waals surface area (Å²) in [5, 5.41) is 3.81. The standard InChI is InChI=1S/C23H21N3O4/c27-21(26-9-11-29-12-10-26)14-30-16-6-8-18-15(13-16)5-7-20(24-18)22-17-3-1-2-4-19(17)25-23(22)28/h1-8,13,22H,9-12,14H2,(H,25,28). The molecule has 3 aromatic rings. The molecular weight excluding hydrogens is 382 g/mol. The molecule has 7 heteroatoms. The molecule has 1 aromatic heterocycles. The van der Waals surface area contributed by atoms with E-state index in [4.69, 9.17) is 14.5 Å². The molecule has 0 saturated carbocycles. The molecule has 1 fully saturated rings. The molecule has 30 heavy (non-hydrogen) atoms. The van der Waals surface area contributed by atoms with Crippen molar-refractivity contribution in [1.29, 1.82) is 0 Å². The van der Waals surface area contributed by atoms with Crippen LogP contribution >= 0.6 is 0 Å². The van der Waals surface area contributed by atoms with E-state index in [2.05, 4.69) is 5.32 Å². The van der Waals surface area contributed by atoms with Crippen LogP contribution in [-0.4, -0.2) is 54.6 Å². The number of fused-ring (bicyclic) bond motifs is 2. The lowest BCUT2D eigenvalue weighted by Gasteiger charge is -2.26. The molecule has 1 atom stereocenters. The fraction of sp³-hybridized carbons (Fsp3) is 0.261. The first-order valence-electron chi connectivity index (χ1n) is 9.98. The zero-order valence-corrected chi connectivity index (χ0v) is 16.3. The van der Waals surface area contributed by atoms with Crippen LogP contribution in [0.15, 0.2) is 54.6 Å². The number of rotatable bonds is 4. The number of hydrogen-bond donors (Lipinski definition) is 1. The van der Waals surface area contributed by atoms with Gasteiger partial charge in [0.25, 0.3) is 5.91 Å². The van der Waals surface area contributed by atoms with Crippen LogP contribution in [0.2, 0.25) is 0 Å². The third-order valence-electron chi connectivity index (χ3n) is 5.50.